The fourth-order valence-corrected chi connectivity index (χ4v) is 3.66. The van der Waals surface area contributed by atoms with E-state index in [0.717, 1.165) is 45.1 Å². The molecule has 1 N–H and O–H groups in total. The van der Waals surface area contributed by atoms with Crippen molar-refractivity contribution < 1.29 is 13.2 Å². The van der Waals surface area contributed by atoms with Gasteiger partial charge in [0.05, 0.1) is 5.56 Å². The summed E-state index contributed by atoms with van der Waals surface area (Å²) < 4.78 is 39.4. The lowest BCUT2D eigenvalue weighted by molar-refractivity contribution is -0.137. The van der Waals surface area contributed by atoms with Gasteiger partial charge in [0.15, 0.2) is 0 Å². The summed E-state index contributed by atoms with van der Waals surface area (Å²) in [5.41, 5.74) is 0.0107. The Labute approximate surface area is 153 Å². The summed E-state index contributed by atoms with van der Waals surface area (Å²) in [5.74, 6) is 0.276. The van der Waals surface area contributed by atoms with Crippen LogP contribution in [0.4, 0.5) is 13.2 Å². The molecule has 2 atom stereocenters. The standard InChI is InChI=1S/C17H24ClF3N2.ClH/c1-3-4-12(2)16(23-7-5-22-6-8-23)13-9-14(17(19,20)21)11-15(18)10-13;/h9-12,16,22H,3-8H2,1-2H3;1H/t12?,16-;/m0./s1. The number of hydrogen-bond acceptors (Lipinski definition) is 2. The summed E-state index contributed by atoms with van der Waals surface area (Å²) in [6.07, 6.45) is -2.39. The number of halogens is 5. The molecule has 2 nitrogen and oxygen atoms in total. The molecule has 7 heteroatoms. The molecule has 0 amide bonds. The van der Waals surface area contributed by atoms with Crippen LogP contribution >= 0.6 is 24.0 Å². The van der Waals surface area contributed by atoms with E-state index in [1.54, 1.807) is 6.07 Å². The van der Waals surface area contributed by atoms with E-state index in [1.807, 2.05) is 0 Å². The van der Waals surface area contributed by atoms with E-state index < -0.39 is 11.7 Å². The maximum Gasteiger partial charge on any atom is 0.416 e. The summed E-state index contributed by atoms with van der Waals surface area (Å²) in [4.78, 5) is 2.28. The normalized spacial score (nSPS) is 18.8. The third-order valence-electron chi connectivity index (χ3n) is 4.42. The highest BCUT2D eigenvalue weighted by Crippen LogP contribution is 2.37. The first-order chi connectivity index (χ1) is 10.8. The highest BCUT2D eigenvalue weighted by molar-refractivity contribution is 6.30. The molecule has 24 heavy (non-hydrogen) atoms. The summed E-state index contributed by atoms with van der Waals surface area (Å²) in [5, 5.41) is 3.44. The molecule has 138 valence electrons. The van der Waals surface area contributed by atoms with E-state index >= 15 is 0 Å². The monoisotopic (exact) mass is 384 g/mol. The Bertz CT molecular complexity index is 517. The molecule has 1 aromatic rings. The van der Waals surface area contributed by atoms with Crippen molar-refractivity contribution in [2.75, 3.05) is 26.2 Å². The van der Waals surface area contributed by atoms with Gasteiger partial charge in [0.2, 0.25) is 0 Å². The third kappa shape index (κ3) is 5.51. The van der Waals surface area contributed by atoms with Crippen LogP contribution in [0.5, 0.6) is 0 Å². The Morgan fingerprint density at radius 3 is 2.38 bits per heavy atom. The van der Waals surface area contributed by atoms with Crippen LogP contribution in [0.25, 0.3) is 0 Å². The molecule has 0 saturated carbocycles. The van der Waals surface area contributed by atoms with Crippen LogP contribution in [0.3, 0.4) is 0 Å². The average Bonchev–Trinajstić information content (AvgIpc) is 2.47. The van der Waals surface area contributed by atoms with E-state index in [1.165, 1.54) is 6.07 Å². The molecule has 0 aliphatic carbocycles. The Hall–Kier alpha value is -0.490. The van der Waals surface area contributed by atoms with Gasteiger partial charge < -0.3 is 5.32 Å². The Morgan fingerprint density at radius 1 is 1.21 bits per heavy atom. The minimum Gasteiger partial charge on any atom is -0.314 e. The molecular formula is C17H25Cl2F3N2. The minimum absolute atomic E-state index is 0. The second-order valence-electron chi connectivity index (χ2n) is 6.27. The molecule has 1 saturated heterocycles. The third-order valence-corrected chi connectivity index (χ3v) is 4.64. The highest BCUT2D eigenvalue weighted by atomic mass is 35.5. The van der Waals surface area contributed by atoms with Crippen molar-refractivity contribution in [1.29, 1.82) is 0 Å². The van der Waals surface area contributed by atoms with Gasteiger partial charge in [-0.25, -0.2) is 0 Å². The average molecular weight is 385 g/mol. The van der Waals surface area contributed by atoms with E-state index in [4.69, 9.17) is 11.6 Å². The summed E-state index contributed by atoms with van der Waals surface area (Å²) in [6.45, 7) is 7.62. The van der Waals surface area contributed by atoms with Crippen molar-refractivity contribution in [3.05, 3.63) is 34.3 Å². The first-order valence-electron chi connectivity index (χ1n) is 8.15. The van der Waals surface area contributed by atoms with E-state index in [-0.39, 0.29) is 29.4 Å². The van der Waals surface area contributed by atoms with Crippen molar-refractivity contribution in [2.24, 2.45) is 5.92 Å². The summed E-state index contributed by atoms with van der Waals surface area (Å²) >= 11 is 5.99. The van der Waals surface area contributed by atoms with Crippen molar-refractivity contribution in [1.82, 2.24) is 10.2 Å². The Morgan fingerprint density at radius 2 is 1.83 bits per heavy atom. The van der Waals surface area contributed by atoms with E-state index in [9.17, 15) is 13.2 Å². The molecule has 0 aromatic heterocycles. The lowest BCUT2D eigenvalue weighted by Gasteiger charge is -2.39. The van der Waals surface area contributed by atoms with Crippen LogP contribution in [-0.4, -0.2) is 31.1 Å². The van der Waals surface area contributed by atoms with Gasteiger partial charge in [0.1, 0.15) is 0 Å². The van der Waals surface area contributed by atoms with Gasteiger partial charge in [-0.1, -0.05) is 31.9 Å². The fourth-order valence-electron chi connectivity index (χ4n) is 3.42. The van der Waals surface area contributed by atoms with Crippen molar-refractivity contribution >= 4 is 24.0 Å². The van der Waals surface area contributed by atoms with Crippen LogP contribution in [0.15, 0.2) is 18.2 Å². The SMILES string of the molecule is CCCC(C)[C@@H](c1cc(Cl)cc(C(F)(F)F)c1)N1CCNCC1.Cl. The number of alkyl halides is 3. The van der Waals surface area contributed by atoms with Crippen molar-refractivity contribution in [3.8, 4) is 0 Å². The van der Waals surface area contributed by atoms with E-state index in [0.29, 0.717) is 5.56 Å². The number of benzene rings is 1. The molecule has 1 aliphatic rings. The molecule has 1 heterocycles. The molecule has 0 radical (unpaired) electrons. The van der Waals surface area contributed by atoms with E-state index in [2.05, 4.69) is 24.1 Å². The second-order valence-corrected chi connectivity index (χ2v) is 6.70. The van der Waals surface area contributed by atoms with Crippen LogP contribution < -0.4 is 5.32 Å². The largest absolute Gasteiger partial charge is 0.416 e. The predicted octanol–water partition coefficient (Wildman–Crippen LogP) is 5.16. The summed E-state index contributed by atoms with van der Waals surface area (Å²) in [7, 11) is 0. The minimum atomic E-state index is -4.37. The zero-order chi connectivity index (χ0) is 17.0. The number of rotatable bonds is 5. The molecule has 0 bridgehead atoms. The Kier molecular flexibility index (Phi) is 8.33. The molecule has 2 rings (SSSR count). The lowest BCUT2D eigenvalue weighted by atomic mass is 9.88. The lowest BCUT2D eigenvalue weighted by Crippen LogP contribution is -2.46. The zero-order valence-corrected chi connectivity index (χ0v) is 15.6. The van der Waals surface area contributed by atoms with Crippen LogP contribution in [0.1, 0.15) is 43.9 Å². The first kappa shape index (κ1) is 21.6. The smallest absolute Gasteiger partial charge is 0.314 e. The molecule has 0 spiro atoms. The molecule has 1 fully saturated rings. The Balaban J connectivity index is 0.00000288. The number of nitrogens with one attached hydrogen (secondary N) is 1. The number of piperazine rings is 1. The second kappa shape index (κ2) is 9.27. The van der Waals surface area contributed by atoms with Gasteiger partial charge in [0.25, 0.3) is 0 Å². The number of nitrogens with zero attached hydrogens (tertiary/aromatic N) is 1. The van der Waals surface area contributed by atoms with Crippen LogP contribution in [-0.2, 0) is 6.18 Å². The first-order valence-corrected chi connectivity index (χ1v) is 8.53. The topological polar surface area (TPSA) is 15.3 Å². The van der Waals surface area contributed by atoms with Gasteiger partial charge in [-0.15, -0.1) is 12.4 Å². The van der Waals surface area contributed by atoms with Gasteiger partial charge >= 0.3 is 6.18 Å². The number of hydrogen-bond donors (Lipinski definition) is 1. The van der Waals surface area contributed by atoms with Gasteiger partial charge in [-0.05, 0) is 36.1 Å². The van der Waals surface area contributed by atoms with Crippen LogP contribution in [0, 0.1) is 5.92 Å². The predicted molar refractivity (Wildman–Crippen MR) is 95.0 cm³/mol. The fraction of sp³-hybridized carbons (Fsp3) is 0.647. The van der Waals surface area contributed by atoms with Gasteiger partial charge in [-0.3, -0.25) is 4.90 Å². The van der Waals surface area contributed by atoms with Gasteiger partial charge in [-0.2, -0.15) is 13.2 Å². The van der Waals surface area contributed by atoms with Gasteiger partial charge in [0, 0.05) is 37.2 Å². The maximum atomic E-state index is 13.1. The maximum absolute atomic E-state index is 13.1. The molecular weight excluding hydrogens is 360 g/mol. The quantitative estimate of drug-likeness (QED) is 0.753. The van der Waals surface area contributed by atoms with Crippen LogP contribution in [0.2, 0.25) is 5.02 Å². The molecule has 1 aromatic carbocycles. The highest BCUT2D eigenvalue weighted by Gasteiger charge is 2.33. The molecule has 1 unspecified atom stereocenters. The van der Waals surface area contributed by atoms with Crippen molar-refractivity contribution in [2.45, 2.75) is 38.9 Å². The zero-order valence-electron chi connectivity index (χ0n) is 14.0. The van der Waals surface area contributed by atoms with Crippen molar-refractivity contribution in [3.63, 3.8) is 0 Å². The summed E-state index contributed by atoms with van der Waals surface area (Å²) in [6, 6.07) is 3.93. The molecule has 1 aliphatic heterocycles.